The second kappa shape index (κ2) is 5.62. The fraction of sp³-hybridized carbons (Fsp3) is 0.500. The Bertz CT molecular complexity index is 556. The quantitative estimate of drug-likeness (QED) is 0.917. The van der Waals surface area contributed by atoms with Crippen molar-refractivity contribution in [1.29, 1.82) is 5.26 Å². The van der Waals surface area contributed by atoms with Crippen molar-refractivity contribution in [2.75, 3.05) is 6.54 Å². The Hall–Kier alpha value is -1.89. The van der Waals surface area contributed by atoms with E-state index < -0.39 is 5.41 Å². The maximum atomic E-state index is 13.0. The van der Waals surface area contributed by atoms with E-state index in [4.69, 9.17) is 5.26 Å². The van der Waals surface area contributed by atoms with E-state index in [1.54, 1.807) is 6.07 Å². The Balaban J connectivity index is 1.87. The van der Waals surface area contributed by atoms with Crippen molar-refractivity contribution in [3.63, 3.8) is 0 Å². The molecular weight excluding hydrogens is 255 g/mol. The summed E-state index contributed by atoms with van der Waals surface area (Å²) in [5.74, 6) is 0.0276. The van der Waals surface area contributed by atoms with Gasteiger partial charge in [-0.2, -0.15) is 5.26 Å². The minimum absolute atomic E-state index is 0.169. The van der Waals surface area contributed by atoms with E-state index in [-0.39, 0.29) is 11.7 Å². The maximum Gasteiger partial charge on any atom is 0.240 e. The van der Waals surface area contributed by atoms with Crippen LogP contribution in [0.4, 0.5) is 4.39 Å². The minimum Gasteiger partial charge on any atom is -0.354 e. The summed E-state index contributed by atoms with van der Waals surface area (Å²) < 4.78 is 13.0. The van der Waals surface area contributed by atoms with E-state index in [1.807, 2.05) is 13.8 Å². The van der Waals surface area contributed by atoms with Crippen molar-refractivity contribution in [1.82, 2.24) is 5.32 Å². The van der Waals surface area contributed by atoms with Crippen molar-refractivity contribution in [3.05, 3.63) is 35.1 Å². The molecule has 0 bridgehead atoms. The molecule has 1 aromatic carbocycles. The Labute approximate surface area is 118 Å². The van der Waals surface area contributed by atoms with Crippen molar-refractivity contribution in [2.45, 2.75) is 33.1 Å². The first kappa shape index (κ1) is 14.5. The number of hydrogen-bond acceptors (Lipinski definition) is 2. The predicted octanol–water partition coefficient (Wildman–Crippen LogP) is 2.73. The molecule has 1 N–H and O–H groups in total. The molecule has 1 amide bonds. The van der Waals surface area contributed by atoms with Crippen LogP contribution in [0.3, 0.4) is 0 Å². The molecule has 0 unspecified atom stereocenters. The fourth-order valence-corrected chi connectivity index (χ4v) is 2.88. The Morgan fingerprint density at radius 2 is 2.25 bits per heavy atom. The van der Waals surface area contributed by atoms with Crippen LogP contribution in [0.2, 0.25) is 0 Å². The summed E-state index contributed by atoms with van der Waals surface area (Å²) in [4.78, 5) is 12.1. The molecule has 1 fully saturated rings. The lowest BCUT2D eigenvalue weighted by molar-refractivity contribution is -0.133. The SMILES string of the molecule is Cc1cc(F)ccc1CCNC(=O)C1(C#N)CC(C)C1. The van der Waals surface area contributed by atoms with Gasteiger partial charge in [-0.25, -0.2) is 4.39 Å². The van der Waals surface area contributed by atoms with Crippen LogP contribution in [0.5, 0.6) is 0 Å². The third kappa shape index (κ3) is 2.82. The number of carbonyl (C=O) groups is 1. The molecule has 2 rings (SSSR count). The lowest BCUT2D eigenvalue weighted by Crippen LogP contribution is -2.48. The van der Waals surface area contributed by atoms with Gasteiger partial charge >= 0.3 is 0 Å². The molecule has 1 saturated carbocycles. The van der Waals surface area contributed by atoms with Crippen LogP contribution >= 0.6 is 0 Å². The Kier molecular flexibility index (Phi) is 4.08. The van der Waals surface area contributed by atoms with Crippen molar-refractivity contribution < 1.29 is 9.18 Å². The molecule has 20 heavy (non-hydrogen) atoms. The van der Waals surface area contributed by atoms with Crippen LogP contribution in [0.25, 0.3) is 0 Å². The lowest BCUT2D eigenvalue weighted by Gasteiger charge is -2.39. The average molecular weight is 274 g/mol. The molecule has 1 aliphatic carbocycles. The minimum atomic E-state index is -0.822. The molecule has 0 saturated heterocycles. The van der Waals surface area contributed by atoms with Gasteiger partial charge in [-0.1, -0.05) is 13.0 Å². The van der Waals surface area contributed by atoms with Gasteiger partial charge in [0, 0.05) is 6.54 Å². The molecule has 0 radical (unpaired) electrons. The monoisotopic (exact) mass is 274 g/mol. The molecule has 0 spiro atoms. The van der Waals surface area contributed by atoms with Crippen molar-refractivity contribution in [2.24, 2.45) is 11.3 Å². The zero-order chi connectivity index (χ0) is 14.8. The lowest BCUT2D eigenvalue weighted by atomic mass is 9.63. The van der Waals surface area contributed by atoms with Crippen LogP contribution in [0.1, 0.15) is 30.9 Å². The first-order valence-electron chi connectivity index (χ1n) is 6.91. The summed E-state index contributed by atoms with van der Waals surface area (Å²) in [6, 6.07) is 6.80. The number of hydrogen-bond donors (Lipinski definition) is 1. The highest BCUT2D eigenvalue weighted by Gasteiger charge is 2.48. The van der Waals surface area contributed by atoms with Gasteiger partial charge in [-0.3, -0.25) is 4.79 Å². The second-order valence-corrected chi connectivity index (χ2v) is 5.78. The van der Waals surface area contributed by atoms with Crippen LogP contribution in [-0.2, 0) is 11.2 Å². The van der Waals surface area contributed by atoms with E-state index in [2.05, 4.69) is 11.4 Å². The van der Waals surface area contributed by atoms with Crippen molar-refractivity contribution >= 4 is 5.91 Å². The zero-order valence-electron chi connectivity index (χ0n) is 11.9. The molecular formula is C16H19FN2O. The van der Waals surface area contributed by atoms with Gasteiger partial charge in [0.1, 0.15) is 11.2 Å². The summed E-state index contributed by atoms with van der Waals surface area (Å²) >= 11 is 0. The first-order chi connectivity index (χ1) is 9.47. The second-order valence-electron chi connectivity index (χ2n) is 5.78. The third-order valence-corrected chi connectivity index (χ3v) is 4.03. The Morgan fingerprint density at radius 1 is 1.55 bits per heavy atom. The number of nitriles is 1. The first-order valence-corrected chi connectivity index (χ1v) is 6.91. The summed E-state index contributed by atoms with van der Waals surface area (Å²) in [5.41, 5.74) is 1.07. The molecule has 4 heteroatoms. The number of carbonyl (C=O) groups excluding carboxylic acids is 1. The third-order valence-electron chi connectivity index (χ3n) is 4.03. The molecule has 106 valence electrons. The average Bonchev–Trinajstić information content (AvgIpc) is 2.37. The molecule has 3 nitrogen and oxygen atoms in total. The topological polar surface area (TPSA) is 52.9 Å². The molecule has 1 aromatic rings. The van der Waals surface area contributed by atoms with E-state index in [0.29, 0.717) is 31.7 Å². The van der Waals surface area contributed by atoms with E-state index in [9.17, 15) is 9.18 Å². The van der Waals surface area contributed by atoms with Crippen LogP contribution in [0, 0.1) is 35.4 Å². The van der Waals surface area contributed by atoms with Gasteiger partial charge in [0.05, 0.1) is 6.07 Å². The highest BCUT2D eigenvalue weighted by molar-refractivity contribution is 5.86. The molecule has 0 heterocycles. The number of benzene rings is 1. The predicted molar refractivity (Wildman–Crippen MR) is 74.3 cm³/mol. The van der Waals surface area contributed by atoms with Crippen LogP contribution in [-0.4, -0.2) is 12.5 Å². The van der Waals surface area contributed by atoms with Gasteiger partial charge in [-0.15, -0.1) is 0 Å². The van der Waals surface area contributed by atoms with Crippen molar-refractivity contribution in [3.8, 4) is 6.07 Å². The van der Waals surface area contributed by atoms with Gasteiger partial charge in [0.2, 0.25) is 5.91 Å². The molecule has 0 atom stereocenters. The van der Waals surface area contributed by atoms with Gasteiger partial charge in [-0.05, 0) is 55.4 Å². The molecule has 1 aliphatic rings. The van der Waals surface area contributed by atoms with Crippen LogP contribution < -0.4 is 5.32 Å². The van der Waals surface area contributed by atoms with E-state index in [0.717, 1.165) is 11.1 Å². The van der Waals surface area contributed by atoms with Crippen LogP contribution in [0.15, 0.2) is 18.2 Å². The summed E-state index contributed by atoms with van der Waals surface area (Å²) in [5, 5.41) is 12.0. The van der Waals surface area contributed by atoms with Gasteiger partial charge in [0.25, 0.3) is 0 Å². The largest absolute Gasteiger partial charge is 0.354 e. The number of rotatable bonds is 4. The molecule has 0 aliphatic heterocycles. The summed E-state index contributed by atoms with van der Waals surface area (Å²) in [6.07, 6.45) is 1.94. The fourth-order valence-electron chi connectivity index (χ4n) is 2.88. The van der Waals surface area contributed by atoms with Gasteiger partial charge in [0.15, 0.2) is 0 Å². The number of halogens is 1. The number of nitrogens with one attached hydrogen (secondary N) is 1. The Morgan fingerprint density at radius 3 is 2.80 bits per heavy atom. The van der Waals surface area contributed by atoms with E-state index in [1.165, 1.54) is 12.1 Å². The summed E-state index contributed by atoms with van der Waals surface area (Å²) in [6.45, 7) is 4.37. The summed E-state index contributed by atoms with van der Waals surface area (Å²) in [7, 11) is 0. The zero-order valence-corrected chi connectivity index (χ0v) is 11.9. The highest BCUT2D eigenvalue weighted by atomic mass is 19.1. The van der Waals surface area contributed by atoms with Gasteiger partial charge < -0.3 is 5.32 Å². The maximum absolute atomic E-state index is 13.0. The molecule has 0 aromatic heterocycles. The smallest absolute Gasteiger partial charge is 0.240 e. The number of aryl methyl sites for hydroxylation is 1. The highest BCUT2D eigenvalue weighted by Crippen LogP contribution is 2.44. The standard InChI is InChI=1S/C16H19FN2O/c1-11-8-16(9-11,10-18)15(20)19-6-5-13-3-4-14(17)7-12(13)2/h3-4,7,11H,5-6,8-9H2,1-2H3,(H,19,20). The van der Waals surface area contributed by atoms with E-state index >= 15 is 0 Å². The number of amides is 1. The normalized spacial score (nSPS) is 24.6. The number of nitrogens with zero attached hydrogens (tertiary/aromatic N) is 1.